The van der Waals surface area contributed by atoms with Crippen molar-refractivity contribution in [1.82, 2.24) is 0 Å². The predicted octanol–water partition coefficient (Wildman–Crippen LogP) is 3.58. The van der Waals surface area contributed by atoms with Gasteiger partial charge in [0.15, 0.2) is 0 Å². The normalized spacial score (nSPS) is 10.9. The van der Waals surface area contributed by atoms with Crippen LogP contribution in [0.15, 0.2) is 48.5 Å². The number of rotatable bonds is 1. The van der Waals surface area contributed by atoms with E-state index in [1.807, 2.05) is 24.3 Å². The Morgan fingerprint density at radius 3 is 2.18 bits per heavy atom. The Balaban J connectivity index is 2.50. The van der Waals surface area contributed by atoms with Crippen LogP contribution in [-0.4, -0.2) is 7.11 Å². The van der Waals surface area contributed by atoms with Crippen molar-refractivity contribution in [3.05, 3.63) is 48.5 Å². The second-order valence-corrected chi connectivity index (χ2v) is 4.10. The van der Waals surface area contributed by atoms with Crippen molar-refractivity contribution in [2.75, 3.05) is 12.8 Å². The Labute approximate surface area is 99.6 Å². The van der Waals surface area contributed by atoms with E-state index >= 15 is 0 Å². The van der Waals surface area contributed by atoms with Gasteiger partial charge in [0, 0.05) is 16.5 Å². The van der Waals surface area contributed by atoms with Crippen LogP contribution >= 0.6 is 0 Å². The van der Waals surface area contributed by atoms with Crippen LogP contribution in [-0.2, 0) is 0 Å². The summed E-state index contributed by atoms with van der Waals surface area (Å²) in [6.07, 6.45) is 0. The van der Waals surface area contributed by atoms with Crippen LogP contribution in [0.2, 0.25) is 0 Å². The number of hydrogen-bond acceptors (Lipinski definition) is 2. The third-order valence-electron chi connectivity index (χ3n) is 3.10. The van der Waals surface area contributed by atoms with Gasteiger partial charge in [0.2, 0.25) is 0 Å². The van der Waals surface area contributed by atoms with Gasteiger partial charge >= 0.3 is 0 Å². The third-order valence-corrected chi connectivity index (χ3v) is 3.10. The first-order valence-electron chi connectivity index (χ1n) is 5.54. The number of ether oxygens (including phenoxy) is 1. The van der Waals surface area contributed by atoms with Crippen molar-refractivity contribution in [3.63, 3.8) is 0 Å². The second kappa shape index (κ2) is 3.67. The molecule has 0 radical (unpaired) electrons. The first kappa shape index (κ1) is 9.97. The highest BCUT2D eigenvalue weighted by Crippen LogP contribution is 2.33. The van der Waals surface area contributed by atoms with Crippen molar-refractivity contribution in [2.24, 2.45) is 0 Å². The van der Waals surface area contributed by atoms with Crippen molar-refractivity contribution < 1.29 is 4.74 Å². The van der Waals surface area contributed by atoms with Gasteiger partial charge in [-0.3, -0.25) is 0 Å². The molecule has 2 heteroatoms. The van der Waals surface area contributed by atoms with Crippen LogP contribution in [0.5, 0.6) is 5.75 Å². The number of fused-ring (bicyclic) bond motifs is 2. The highest BCUT2D eigenvalue weighted by molar-refractivity contribution is 6.05. The number of nitrogen functional groups attached to an aromatic ring is 1. The number of benzene rings is 3. The van der Waals surface area contributed by atoms with E-state index in [9.17, 15) is 0 Å². The van der Waals surface area contributed by atoms with E-state index in [1.165, 1.54) is 10.8 Å². The molecule has 0 fully saturated rings. The molecule has 3 aromatic carbocycles. The molecule has 3 rings (SSSR count). The lowest BCUT2D eigenvalue weighted by Crippen LogP contribution is -1.90. The Morgan fingerprint density at radius 1 is 0.882 bits per heavy atom. The van der Waals surface area contributed by atoms with Crippen LogP contribution in [0.3, 0.4) is 0 Å². The van der Waals surface area contributed by atoms with Crippen LogP contribution in [0.25, 0.3) is 21.5 Å². The maximum Gasteiger partial charge on any atom is 0.126 e. The summed E-state index contributed by atoms with van der Waals surface area (Å²) in [5.41, 5.74) is 6.80. The molecule has 0 atom stereocenters. The topological polar surface area (TPSA) is 35.2 Å². The molecule has 0 aromatic heterocycles. The highest BCUT2D eigenvalue weighted by Gasteiger charge is 2.05. The summed E-state index contributed by atoms with van der Waals surface area (Å²) < 4.78 is 5.38. The molecule has 0 aliphatic heterocycles. The van der Waals surface area contributed by atoms with E-state index in [4.69, 9.17) is 10.5 Å². The molecule has 0 saturated carbocycles. The van der Waals surface area contributed by atoms with Gasteiger partial charge in [-0.1, -0.05) is 24.3 Å². The molecule has 2 N–H and O–H groups in total. The van der Waals surface area contributed by atoms with Gasteiger partial charge in [-0.25, -0.2) is 0 Å². The molecular weight excluding hydrogens is 210 g/mol. The number of nitrogens with two attached hydrogens (primary N) is 1. The van der Waals surface area contributed by atoms with E-state index in [0.29, 0.717) is 0 Å². The molecule has 0 heterocycles. The summed E-state index contributed by atoms with van der Waals surface area (Å²) in [6.45, 7) is 0. The molecule has 0 amide bonds. The largest absolute Gasteiger partial charge is 0.496 e. The van der Waals surface area contributed by atoms with Gasteiger partial charge in [0.05, 0.1) is 7.11 Å². The zero-order valence-corrected chi connectivity index (χ0v) is 9.60. The zero-order chi connectivity index (χ0) is 11.8. The average molecular weight is 223 g/mol. The first-order chi connectivity index (χ1) is 8.29. The van der Waals surface area contributed by atoms with E-state index < -0.39 is 0 Å². The smallest absolute Gasteiger partial charge is 0.126 e. The van der Waals surface area contributed by atoms with Gasteiger partial charge in [-0.05, 0) is 35.0 Å². The lowest BCUT2D eigenvalue weighted by Gasteiger charge is -2.09. The molecule has 0 aliphatic rings. The van der Waals surface area contributed by atoms with Crippen LogP contribution in [0, 0.1) is 0 Å². The summed E-state index contributed by atoms with van der Waals surface area (Å²) in [5, 5.41) is 4.50. The summed E-state index contributed by atoms with van der Waals surface area (Å²) in [4.78, 5) is 0. The maximum absolute atomic E-state index is 6.02. The van der Waals surface area contributed by atoms with Crippen molar-refractivity contribution in [3.8, 4) is 5.75 Å². The molecule has 84 valence electrons. The SMILES string of the molecule is COc1ccc(N)c2cc3ccccc3cc12. The molecule has 0 bridgehead atoms. The van der Waals surface area contributed by atoms with Gasteiger partial charge in [0.1, 0.15) is 5.75 Å². The summed E-state index contributed by atoms with van der Waals surface area (Å²) in [7, 11) is 1.68. The van der Waals surface area contributed by atoms with Crippen molar-refractivity contribution in [1.29, 1.82) is 0 Å². The lowest BCUT2D eigenvalue weighted by atomic mass is 10.0. The van der Waals surface area contributed by atoms with E-state index in [1.54, 1.807) is 7.11 Å². The Bertz CT molecular complexity index is 704. The summed E-state index contributed by atoms with van der Waals surface area (Å²) in [6, 6.07) is 16.3. The molecular formula is C15H13NO. The minimum atomic E-state index is 0.784. The van der Waals surface area contributed by atoms with Crippen LogP contribution < -0.4 is 10.5 Å². The lowest BCUT2D eigenvalue weighted by molar-refractivity contribution is 0.420. The van der Waals surface area contributed by atoms with E-state index in [-0.39, 0.29) is 0 Å². The molecule has 0 spiro atoms. The van der Waals surface area contributed by atoms with E-state index in [2.05, 4.69) is 24.3 Å². The van der Waals surface area contributed by atoms with Crippen molar-refractivity contribution in [2.45, 2.75) is 0 Å². The molecule has 17 heavy (non-hydrogen) atoms. The summed E-state index contributed by atoms with van der Waals surface area (Å²) >= 11 is 0. The zero-order valence-electron chi connectivity index (χ0n) is 9.60. The van der Waals surface area contributed by atoms with E-state index in [0.717, 1.165) is 22.2 Å². The molecule has 2 nitrogen and oxygen atoms in total. The quantitative estimate of drug-likeness (QED) is 0.505. The fourth-order valence-corrected chi connectivity index (χ4v) is 2.21. The van der Waals surface area contributed by atoms with Crippen LogP contribution in [0.4, 0.5) is 5.69 Å². The molecule has 0 unspecified atom stereocenters. The Kier molecular flexibility index (Phi) is 2.15. The maximum atomic E-state index is 6.02. The first-order valence-corrected chi connectivity index (χ1v) is 5.54. The molecule has 3 aromatic rings. The third kappa shape index (κ3) is 1.49. The van der Waals surface area contributed by atoms with Gasteiger partial charge in [-0.15, -0.1) is 0 Å². The monoisotopic (exact) mass is 223 g/mol. The standard InChI is InChI=1S/C15H13NO/c1-17-15-7-6-14(16)12-8-10-4-2-3-5-11(10)9-13(12)15/h2-9H,16H2,1H3. The predicted molar refractivity (Wildman–Crippen MR) is 72.4 cm³/mol. The average Bonchev–Trinajstić information content (AvgIpc) is 2.38. The van der Waals surface area contributed by atoms with Crippen LogP contribution in [0.1, 0.15) is 0 Å². The van der Waals surface area contributed by atoms with Gasteiger partial charge in [-0.2, -0.15) is 0 Å². The Hall–Kier alpha value is -2.22. The van der Waals surface area contributed by atoms with Crippen molar-refractivity contribution >= 4 is 27.2 Å². The number of methoxy groups -OCH3 is 1. The highest BCUT2D eigenvalue weighted by atomic mass is 16.5. The fraction of sp³-hybridized carbons (Fsp3) is 0.0667. The number of hydrogen-bond donors (Lipinski definition) is 1. The van der Waals surface area contributed by atoms with Gasteiger partial charge < -0.3 is 10.5 Å². The fourth-order valence-electron chi connectivity index (χ4n) is 2.21. The molecule has 0 aliphatic carbocycles. The van der Waals surface area contributed by atoms with Gasteiger partial charge in [0.25, 0.3) is 0 Å². The summed E-state index contributed by atoms with van der Waals surface area (Å²) in [5.74, 6) is 0.861. The second-order valence-electron chi connectivity index (χ2n) is 4.10. The minimum absolute atomic E-state index is 0.784. The Morgan fingerprint density at radius 2 is 1.53 bits per heavy atom. The minimum Gasteiger partial charge on any atom is -0.496 e. The number of anilines is 1. The molecule has 0 saturated heterocycles.